The maximum Gasteiger partial charge on any atom is 0.265 e. The Kier molecular flexibility index (Phi) is 3.99. The minimum absolute atomic E-state index is 0.127. The molecule has 1 N–H and O–H groups in total. The third-order valence-corrected chi connectivity index (χ3v) is 4.25. The van der Waals surface area contributed by atoms with Crippen LogP contribution in [0, 0.1) is 13.8 Å². The number of hydrogen-bond acceptors (Lipinski definition) is 3. The van der Waals surface area contributed by atoms with E-state index < -0.39 is 10.0 Å². The van der Waals surface area contributed by atoms with Gasteiger partial charge < -0.3 is 4.74 Å². The second-order valence-electron chi connectivity index (χ2n) is 4.63. The van der Waals surface area contributed by atoms with Crippen molar-refractivity contribution in [2.45, 2.75) is 18.7 Å². The average molecular weight is 291 g/mol. The first-order valence-electron chi connectivity index (χ1n) is 6.16. The van der Waals surface area contributed by atoms with E-state index in [4.69, 9.17) is 4.74 Å². The first-order chi connectivity index (χ1) is 9.42. The second-order valence-corrected chi connectivity index (χ2v) is 6.28. The first kappa shape index (κ1) is 14.4. The molecule has 0 unspecified atom stereocenters. The molecule has 2 rings (SSSR count). The van der Waals surface area contributed by atoms with Gasteiger partial charge in [0.25, 0.3) is 10.0 Å². The van der Waals surface area contributed by atoms with E-state index in [9.17, 15) is 8.42 Å². The van der Waals surface area contributed by atoms with E-state index in [-0.39, 0.29) is 4.90 Å². The van der Waals surface area contributed by atoms with Gasteiger partial charge in [-0.15, -0.1) is 0 Å². The number of methoxy groups -OCH3 is 1. The molecule has 0 fully saturated rings. The summed E-state index contributed by atoms with van der Waals surface area (Å²) in [7, 11) is -2.22. The van der Waals surface area contributed by atoms with Gasteiger partial charge in [0.1, 0.15) is 10.6 Å². The highest BCUT2D eigenvalue weighted by molar-refractivity contribution is 7.92. The molecule has 20 heavy (non-hydrogen) atoms. The highest BCUT2D eigenvalue weighted by Gasteiger charge is 2.19. The van der Waals surface area contributed by atoms with Gasteiger partial charge in [0.15, 0.2) is 0 Å². The van der Waals surface area contributed by atoms with Gasteiger partial charge in [-0.25, -0.2) is 8.42 Å². The lowest BCUT2D eigenvalue weighted by Gasteiger charge is -2.12. The Hall–Kier alpha value is -2.01. The fraction of sp³-hybridized carbons (Fsp3) is 0.200. The Morgan fingerprint density at radius 1 is 1.00 bits per heavy atom. The monoisotopic (exact) mass is 291 g/mol. The summed E-state index contributed by atoms with van der Waals surface area (Å²) in [4.78, 5) is 0.127. The molecule has 0 heterocycles. The highest BCUT2D eigenvalue weighted by atomic mass is 32.2. The van der Waals surface area contributed by atoms with Gasteiger partial charge in [-0.1, -0.05) is 18.2 Å². The normalized spacial score (nSPS) is 11.2. The zero-order valence-corrected chi connectivity index (χ0v) is 12.5. The van der Waals surface area contributed by atoms with Crippen molar-refractivity contribution in [1.82, 2.24) is 0 Å². The van der Waals surface area contributed by atoms with Crippen molar-refractivity contribution in [3.05, 3.63) is 53.6 Å². The Bertz CT molecular complexity index is 703. The molecule has 0 saturated heterocycles. The second kappa shape index (κ2) is 5.54. The molecule has 0 aliphatic rings. The Morgan fingerprint density at radius 3 is 2.20 bits per heavy atom. The number of sulfonamides is 1. The average Bonchev–Trinajstić information content (AvgIpc) is 2.36. The molecule has 2 aromatic carbocycles. The number of anilines is 1. The third kappa shape index (κ3) is 3.11. The van der Waals surface area contributed by atoms with Crippen LogP contribution in [0.15, 0.2) is 47.4 Å². The molecular formula is C15H17NO3S. The van der Waals surface area contributed by atoms with Crippen molar-refractivity contribution in [3.8, 4) is 5.75 Å². The first-order valence-corrected chi connectivity index (χ1v) is 7.65. The maximum atomic E-state index is 12.4. The molecule has 0 aliphatic heterocycles. The van der Waals surface area contributed by atoms with Crippen molar-refractivity contribution in [2.75, 3.05) is 11.8 Å². The summed E-state index contributed by atoms with van der Waals surface area (Å²) >= 11 is 0. The molecule has 4 nitrogen and oxygen atoms in total. The van der Waals surface area contributed by atoms with Gasteiger partial charge in [0.05, 0.1) is 7.11 Å². The van der Waals surface area contributed by atoms with Crippen LogP contribution in [0.25, 0.3) is 0 Å². The van der Waals surface area contributed by atoms with Crippen LogP contribution in [0.1, 0.15) is 11.1 Å². The lowest BCUT2D eigenvalue weighted by atomic mass is 10.1. The molecule has 0 bridgehead atoms. The molecule has 0 atom stereocenters. The Balaban J connectivity index is 2.41. The van der Waals surface area contributed by atoms with E-state index in [1.54, 1.807) is 30.3 Å². The minimum Gasteiger partial charge on any atom is -0.495 e. The minimum atomic E-state index is -3.66. The number of aryl methyl sites for hydroxylation is 2. The summed E-state index contributed by atoms with van der Waals surface area (Å²) in [6.07, 6.45) is 0. The SMILES string of the molecule is COc1ccccc1S(=O)(=O)Nc1cc(C)cc(C)c1. The van der Waals surface area contributed by atoms with Crippen molar-refractivity contribution in [1.29, 1.82) is 0 Å². The molecule has 2 aromatic rings. The number of ether oxygens (including phenoxy) is 1. The van der Waals surface area contributed by atoms with Gasteiger partial charge in [0.2, 0.25) is 0 Å². The van der Waals surface area contributed by atoms with E-state index in [1.165, 1.54) is 13.2 Å². The predicted molar refractivity (Wildman–Crippen MR) is 79.7 cm³/mol. The zero-order chi connectivity index (χ0) is 14.8. The lowest BCUT2D eigenvalue weighted by Crippen LogP contribution is -2.14. The highest BCUT2D eigenvalue weighted by Crippen LogP contribution is 2.25. The predicted octanol–water partition coefficient (Wildman–Crippen LogP) is 3.11. The number of benzene rings is 2. The third-order valence-electron chi connectivity index (χ3n) is 2.83. The lowest BCUT2D eigenvalue weighted by molar-refractivity contribution is 0.403. The van der Waals surface area contributed by atoms with Gasteiger partial charge in [0, 0.05) is 5.69 Å². The van der Waals surface area contributed by atoms with Crippen molar-refractivity contribution in [2.24, 2.45) is 0 Å². The van der Waals surface area contributed by atoms with E-state index in [2.05, 4.69) is 4.72 Å². The van der Waals surface area contributed by atoms with E-state index in [0.29, 0.717) is 11.4 Å². The number of rotatable bonds is 4. The summed E-state index contributed by atoms with van der Waals surface area (Å²) in [6.45, 7) is 3.85. The summed E-state index contributed by atoms with van der Waals surface area (Å²) < 4.78 is 32.5. The number of hydrogen-bond donors (Lipinski definition) is 1. The van der Waals surface area contributed by atoms with Gasteiger partial charge in [-0.2, -0.15) is 0 Å². The van der Waals surface area contributed by atoms with Gasteiger partial charge >= 0.3 is 0 Å². The summed E-state index contributed by atoms with van der Waals surface area (Å²) in [5.74, 6) is 0.323. The topological polar surface area (TPSA) is 55.4 Å². The zero-order valence-electron chi connectivity index (χ0n) is 11.7. The molecule has 106 valence electrons. The number of para-hydroxylation sites is 1. The fourth-order valence-electron chi connectivity index (χ4n) is 2.08. The molecule has 0 spiro atoms. The summed E-state index contributed by atoms with van der Waals surface area (Å²) in [6, 6.07) is 12.1. The van der Waals surface area contributed by atoms with Gasteiger partial charge in [-0.3, -0.25) is 4.72 Å². The van der Waals surface area contributed by atoms with Crippen molar-refractivity contribution >= 4 is 15.7 Å². The van der Waals surface area contributed by atoms with Crippen LogP contribution in [0.4, 0.5) is 5.69 Å². The molecular weight excluding hydrogens is 274 g/mol. The summed E-state index contributed by atoms with van der Waals surface area (Å²) in [5.41, 5.74) is 2.55. The van der Waals surface area contributed by atoms with E-state index >= 15 is 0 Å². The molecule has 0 amide bonds. The fourth-order valence-corrected chi connectivity index (χ4v) is 3.30. The molecule has 0 radical (unpaired) electrons. The maximum absolute atomic E-state index is 12.4. The molecule has 0 aromatic heterocycles. The van der Waals surface area contributed by atoms with Crippen LogP contribution < -0.4 is 9.46 Å². The van der Waals surface area contributed by atoms with Crippen molar-refractivity contribution < 1.29 is 13.2 Å². The Labute approximate surface area is 119 Å². The smallest absolute Gasteiger partial charge is 0.265 e. The number of nitrogens with one attached hydrogen (secondary N) is 1. The van der Waals surface area contributed by atoms with Gasteiger partial charge in [-0.05, 0) is 49.2 Å². The van der Waals surface area contributed by atoms with Crippen LogP contribution in [-0.4, -0.2) is 15.5 Å². The van der Waals surface area contributed by atoms with Crippen molar-refractivity contribution in [3.63, 3.8) is 0 Å². The van der Waals surface area contributed by atoms with E-state index in [0.717, 1.165) is 11.1 Å². The Morgan fingerprint density at radius 2 is 1.60 bits per heavy atom. The largest absolute Gasteiger partial charge is 0.495 e. The van der Waals surface area contributed by atoms with E-state index in [1.807, 2.05) is 19.9 Å². The summed E-state index contributed by atoms with van der Waals surface area (Å²) in [5, 5.41) is 0. The molecule has 0 saturated carbocycles. The van der Waals surface area contributed by atoms with Crippen LogP contribution >= 0.6 is 0 Å². The quantitative estimate of drug-likeness (QED) is 0.941. The standard InChI is InChI=1S/C15H17NO3S/c1-11-8-12(2)10-13(9-11)16-20(17,18)15-7-5-4-6-14(15)19-3/h4-10,16H,1-3H3. The van der Waals surface area contributed by atoms with Crippen LogP contribution in [0.3, 0.4) is 0 Å². The molecule has 0 aliphatic carbocycles. The van der Waals surface area contributed by atoms with Crippen LogP contribution in [-0.2, 0) is 10.0 Å². The molecule has 5 heteroatoms. The van der Waals surface area contributed by atoms with Crippen LogP contribution in [0.5, 0.6) is 5.75 Å². The van der Waals surface area contributed by atoms with Crippen LogP contribution in [0.2, 0.25) is 0 Å².